The summed E-state index contributed by atoms with van der Waals surface area (Å²) in [5, 5.41) is 0. The number of aromatic amines is 1. The molecule has 0 aliphatic heterocycles. The zero-order chi connectivity index (χ0) is 14.6. The van der Waals surface area contributed by atoms with Crippen LogP contribution in [0.2, 0.25) is 0 Å². The van der Waals surface area contributed by atoms with Gasteiger partial charge in [-0.25, -0.2) is 4.98 Å². The maximum atomic E-state index is 12.5. The Kier molecular flexibility index (Phi) is 5.17. The van der Waals surface area contributed by atoms with Crippen molar-refractivity contribution >= 4 is 10.2 Å². The van der Waals surface area contributed by atoms with E-state index in [2.05, 4.69) is 14.7 Å². The summed E-state index contributed by atoms with van der Waals surface area (Å²) in [7, 11) is -1.80. The number of hydrogen-bond acceptors (Lipinski definition) is 3. The van der Waals surface area contributed by atoms with E-state index >= 15 is 0 Å². The molecule has 2 rings (SSSR count). The third kappa shape index (κ3) is 3.59. The molecule has 1 aliphatic rings. The van der Waals surface area contributed by atoms with Gasteiger partial charge in [0.2, 0.25) is 0 Å². The first-order valence-electron chi connectivity index (χ1n) is 7.29. The summed E-state index contributed by atoms with van der Waals surface area (Å²) in [6.07, 6.45) is 9.34. The molecule has 0 amide bonds. The zero-order valence-corrected chi connectivity index (χ0v) is 13.0. The Morgan fingerprint density at radius 1 is 1.45 bits per heavy atom. The van der Waals surface area contributed by atoms with Crippen molar-refractivity contribution < 1.29 is 8.42 Å². The van der Waals surface area contributed by atoms with Gasteiger partial charge in [-0.1, -0.05) is 26.2 Å². The lowest BCUT2D eigenvalue weighted by atomic mass is 9.96. The van der Waals surface area contributed by atoms with E-state index in [1.165, 1.54) is 10.7 Å². The molecule has 1 unspecified atom stereocenters. The van der Waals surface area contributed by atoms with Crippen molar-refractivity contribution in [1.29, 1.82) is 0 Å². The van der Waals surface area contributed by atoms with E-state index in [9.17, 15) is 8.42 Å². The largest absolute Gasteiger partial charge is 0.347 e. The van der Waals surface area contributed by atoms with E-state index in [0.29, 0.717) is 12.2 Å². The zero-order valence-electron chi connectivity index (χ0n) is 12.2. The maximum Gasteiger partial charge on any atom is 0.280 e. The van der Waals surface area contributed by atoms with Gasteiger partial charge in [-0.3, -0.25) is 0 Å². The highest BCUT2D eigenvalue weighted by Gasteiger charge is 2.29. The molecule has 1 atom stereocenters. The Labute approximate surface area is 121 Å². The molecule has 6 nitrogen and oxygen atoms in total. The van der Waals surface area contributed by atoms with E-state index in [4.69, 9.17) is 0 Å². The summed E-state index contributed by atoms with van der Waals surface area (Å²) in [4.78, 5) is 7.12. The smallest absolute Gasteiger partial charge is 0.280 e. The number of nitrogens with one attached hydrogen (secondary N) is 2. The molecule has 1 aromatic rings. The molecule has 0 spiro atoms. The van der Waals surface area contributed by atoms with Crippen LogP contribution in [0, 0.1) is 0 Å². The van der Waals surface area contributed by atoms with Gasteiger partial charge in [0.05, 0.1) is 6.04 Å². The van der Waals surface area contributed by atoms with Crippen LogP contribution in [0.25, 0.3) is 0 Å². The normalized spacial score (nSPS) is 19.4. The quantitative estimate of drug-likeness (QED) is 0.843. The summed E-state index contributed by atoms with van der Waals surface area (Å²) < 4.78 is 29.2. The van der Waals surface area contributed by atoms with Crippen molar-refractivity contribution in [3.05, 3.63) is 18.2 Å². The lowest BCUT2D eigenvalue weighted by molar-refractivity contribution is 0.281. The minimum atomic E-state index is -3.47. The molecule has 1 aliphatic carbocycles. The van der Waals surface area contributed by atoms with E-state index in [0.717, 1.165) is 25.7 Å². The summed E-state index contributed by atoms with van der Waals surface area (Å²) in [5.41, 5.74) is 0. The predicted molar refractivity (Wildman–Crippen MR) is 78.3 cm³/mol. The van der Waals surface area contributed by atoms with Gasteiger partial charge in [0.25, 0.3) is 10.2 Å². The topological polar surface area (TPSA) is 78.1 Å². The fourth-order valence-corrected chi connectivity index (χ4v) is 4.11. The SMILES string of the molecule is CCC(NS(=O)(=O)N(C)C1CCCCC1)c1ncc[nH]1. The van der Waals surface area contributed by atoms with Crippen molar-refractivity contribution in [2.24, 2.45) is 0 Å². The van der Waals surface area contributed by atoms with Gasteiger partial charge in [-0.15, -0.1) is 0 Å². The molecule has 0 saturated heterocycles. The first-order chi connectivity index (χ1) is 9.54. The van der Waals surface area contributed by atoms with Crippen molar-refractivity contribution in [3.8, 4) is 0 Å². The first kappa shape index (κ1) is 15.5. The van der Waals surface area contributed by atoms with Crippen molar-refractivity contribution in [1.82, 2.24) is 19.0 Å². The van der Waals surface area contributed by atoms with Crippen LogP contribution >= 0.6 is 0 Å². The Hall–Kier alpha value is -0.920. The van der Waals surface area contributed by atoms with Gasteiger partial charge >= 0.3 is 0 Å². The Morgan fingerprint density at radius 3 is 2.70 bits per heavy atom. The monoisotopic (exact) mass is 300 g/mol. The molecule has 0 aromatic carbocycles. The van der Waals surface area contributed by atoms with Crippen LogP contribution in [0.3, 0.4) is 0 Å². The molecule has 1 aromatic heterocycles. The van der Waals surface area contributed by atoms with Crippen LogP contribution < -0.4 is 4.72 Å². The molecule has 2 N–H and O–H groups in total. The van der Waals surface area contributed by atoms with Crippen molar-refractivity contribution in [2.75, 3.05) is 7.05 Å². The Balaban J connectivity index is 2.05. The molecule has 114 valence electrons. The molecule has 1 fully saturated rings. The van der Waals surface area contributed by atoms with Crippen LogP contribution in [0.15, 0.2) is 12.4 Å². The molecule has 0 radical (unpaired) electrons. The van der Waals surface area contributed by atoms with E-state index < -0.39 is 10.2 Å². The van der Waals surface area contributed by atoms with Gasteiger partial charge < -0.3 is 4.98 Å². The second kappa shape index (κ2) is 6.69. The van der Waals surface area contributed by atoms with Crippen molar-refractivity contribution in [3.63, 3.8) is 0 Å². The minimum absolute atomic E-state index is 0.121. The highest BCUT2D eigenvalue weighted by molar-refractivity contribution is 7.87. The molecular formula is C13H24N4O2S. The summed E-state index contributed by atoms with van der Waals surface area (Å²) >= 11 is 0. The van der Waals surface area contributed by atoms with Crippen LogP contribution in [-0.4, -0.2) is 35.8 Å². The third-order valence-electron chi connectivity index (χ3n) is 4.02. The van der Waals surface area contributed by atoms with Gasteiger partial charge in [-0.2, -0.15) is 17.4 Å². The number of aromatic nitrogens is 2. The van der Waals surface area contributed by atoms with Gasteiger partial charge in [-0.05, 0) is 19.3 Å². The fourth-order valence-electron chi connectivity index (χ4n) is 2.70. The lowest BCUT2D eigenvalue weighted by Gasteiger charge is -2.31. The van der Waals surface area contributed by atoms with Gasteiger partial charge in [0.1, 0.15) is 5.82 Å². The number of imidazole rings is 1. The molecule has 0 bridgehead atoms. The molecular weight excluding hydrogens is 276 g/mol. The number of rotatable bonds is 6. The summed E-state index contributed by atoms with van der Waals surface area (Å²) in [6, 6.07) is -0.184. The average molecular weight is 300 g/mol. The first-order valence-corrected chi connectivity index (χ1v) is 8.73. The third-order valence-corrected chi connectivity index (χ3v) is 5.66. The van der Waals surface area contributed by atoms with Gasteiger partial charge in [0.15, 0.2) is 0 Å². The van der Waals surface area contributed by atoms with E-state index in [1.54, 1.807) is 19.4 Å². The van der Waals surface area contributed by atoms with Gasteiger partial charge in [0, 0.05) is 25.5 Å². The average Bonchev–Trinajstić information content (AvgIpc) is 2.99. The Bertz CT molecular complexity index is 494. The standard InChI is InChI=1S/C13H24N4O2S/c1-3-12(13-14-9-10-15-13)16-20(18,19)17(2)11-7-5-4-6-8-11/h9-12,16H,3-8H2,1-2H3,(H,14,15). The number of nitrogens with zero attached hydrogens (tertiary/aromatic N) is 2. The fraction of sp³-hybridized carbons (Fsp3) is 0.769. The summed E-state index contributed by atoms with van der Waals surface area (Å²) in [6.45, 7) is 1.94. The highest BCUT2D eigenvalue weighted by Crippen LogP contribution is 2.24. The van der Waals surface area contributed by atoms with Crippen LogP contribution in [-0.2, 0) is 10.2 Å². The van der Waals surface area contributed by atoms with Crippen LogP contribution in [0.1, 0.15) is 57.3 Å². The summed E-state index contributed by atoms with van der Waals surface area (Å²) in [5.74, 6) is 0.660. The maximum absolute atomic E-state index is 12.5. The molecule has 1 heterocycles. The van der Waals surface area contributed by atoms with Crippen LogP contribution in [0.5, 0.6) is 0 Å². The second-order valence-corrected chi connectivity index (χ2v) is 7.13. The molecule has 20 heavy (non-hydrogen) atoms. The van der Waals surface area contributed by atoms with E-state index in [1.807, 2.05) is 6.92 Å². The molecule has 7 heteroatoms. The lowest BCUT2D eigenvalue weighted by Crippen LogP contribution is -2.46. The van der Waals surface area contributed by atoms with Crippen molar-refractivity contribution in [2.45, 2.75) is 57.5 Å². The predicted octanol–water partition coefficient (Wildman–Crippen LogP) is 1.96. The van der Waals surface area contributed by atoms with Crippen LogP contribution in [0.4, 0.5) is 0 Å². The second-order valence-electron chi connectivity index (χ2n) is 5.37. The Morgan fingerprint density at radius 2 is 2.15 bits per heavy atom. The molecule has 1 saturated carbocycles. The number of H-pyrrole nitrogens is 1. The number of hydrogen-bond donors (Lipinski definition) is 2. The van der Waals surface area contributed by atoms with E-state index in [-0.39, 0.29) is 12.1 Å². The minimum Gasteiger partial charge on any atom is -0.347 e. The highest BCUT2D eigenvalue weighted by atomic mass is 32.2.